The van der Waals surface area contributed by atoms with Crippen LogP contribution in [0, 0.1) is 10.8 Å². The summed E-state index contributed by atoms with van der Waals surface area (Å²) in [6, 6.07) is 0. The average Bonchev–Trinajstić information content (AvgIpc) is 2.22. The number of rotatable bonds is 0. The van der Waals surface area contributed by atoms with Gasteiger partial charge in [-0.2, -0.15) is 0 Å². The highest BCUT2D eigenvalue weighted by Crippen LogP contribution is 2.66. The standard InChI is InChI=1S/C10H10O3/c11-7-9-3-1-2-4-10(9,6-5-9)8(12)13-7/h1,3H,2,4-6H2. The lowest BCUT2D eigenvalue weighted by Crippen LogP contribution is -2.53. The van der Waals surface area contributed by atoms with Gasteiger partial charge in [0, 0.05) is 0 Å². The molecule has 0 aromatic rings. The first-order valence-corrected chi connectivity index (χ1v) is 4.66. The molecule has 3 nitrogen and oxygen atoms in total. The molecular weight excluding hydrogens is 168 g/mol. The molecular formula is C10H10O3. The van der Waals surface area contributed by atoms with Gasteiger partial charge in [0.25, 0.3) is 0 Å². The van der Waals surface area contributed by atoms with Crippen LogP contribution in [-0.2, 0) is 14.3 Å². The van der Waals surface area contributed by atoms with Gasteiger partial charge in [0.2, 0.25) is 0 Å². The number of carbonyl (C=O) groups is 2. The molecule has 3 aliphatic rings. The van der Waals surface area contributed by atoms with E-state index in [-0.39, 0.29) is 11.9 Å². The van der Waals surface area contributed by atoms with Crippen LogP contribution in [0.15, 0.2) is 12.2 Å². The van der Waals surface area contributed by atoms with E-state index in [2.05, 4.69) is 0 Å². The van der Waals surface area contributed by atoms with Crippen molar-refractivity contribution in [2.24, 2.45) is 10.8 Å². The van der Waals surface area contributed by atoms with Gasteiger partial charge in [-0.15, -0.1) is 0 Å². The Hall–Kier alpha value is -1.12. The molecule has 3 heteroatoms. The fourth-order valence-corrected chi connectivity index (χ4v) is 2.93. The molecule has 2 unspecified atom stereocenters. The molecule has 0 bridgehead atoms. The van der Waals surface area contributed by atoms with Crippen molar-refractivity contribution in [1.29, 1.82) is 0 Å². The summed E-state index contributed by atoms with van der Waals surface area (Å²) in [5, 5.41) is 0. The van der Waals surface area contributed by atoms with Gasteiger partial charge >= 0.3 is 11.9 Å². The zero-order valence-electron chi connectivity index (χ0n) is 7.21. The molecule has 0 aromatic carbocycles. The van der Waals surface area contributed by atoms with Crippen LogP contribution in [0.2, 0.25) is 0 Å². The molecule has 0 radical (unpaired) electrons. The normalized spacial score (nSPS) is 46.5. The lowest BCUT2D eigenvalue weighted by atomic mass is 9.47. The van der Waals surface area contributed by atoms with Crippen LogP contribution in [-0.4, -0.2) is 11.9 Å². The minimum absolute atomic E-state index is 0.284. The molecule has 2 aliphatic carbocycles. The highest BCUT2D eigenvalue weighted by atomic mass is 16.6. The lowest BCUT2D eigenvalue weighted by molar-refractivity contribution is -0.155. The summed E-state index contributed by atoms with van der Waals surface area (Å²) in [6.45, 7) is 0. The zero-order chi connectivity index (χ0) is 9.10. The van der Waals surface area contributed by atoms with Crippen molar-refractivity contribution in [2.75, 3.05) is 0 Å². The van der Waals surface area contributed by atoms with Crippen LogP contribution in [0.4, 0.5) is 0 Å². The molecule has 13 heavy (non-hydrogen) atoms. The van der Waals surface area contributed by atoms with Crippen LogP contribution in [0.25, 0.3) is 0 Å². The van der Waals surface area contributed by atoms with Gasteiger partial charge in [0.1, 0.15) is 5.41 Å². The summed E-state index contributed by atoms with van der Waals surface area (Å²) >= 11 is 0. The smallest absolute Gasteiger partial charge is 0.324 e. The maximum absolute atomic E-state index is 11.5. The first-order valence-electron chi connectivity index (χ1n) is 4.66. The molecule has 0 aromatic heterocycles. The lowest BCUT2D eigenvalue weighted by Gasteiger charge is -2.49. The van der Waals surface area contributed by atoms with Crippen LogP contribution >= 0.6 is 0 Å². The number of ether oxygens (including phenoxy) is 1. The Morgan fingerprint density at radius 1 is 1.15 bits per heavy atom. The number of esters is 2. The highest BCUT2D eigenvalue weighted by molar-refractivity contribution is 6.05. The van der Waals surface area contributed by atoms with Crippen molar-refractivity contribution in [3.8, 4) is 0 Å². The topological polar surface area (TPSA) is 43.4 Å². The molecule has 2 fully saturated rings. The molecule has 2 atom stereocenters. The minimum Gasteiger partial charge on any atom is -0.392 e. The van der Waals surface area contributed by atoms with Crippen LogP contribution in [0.5, 0.6) is 0 Å². The van der Waals surface area contributed by atoms with Gasteiger partial charge in [0.05, 0.1) is 5.41 Å². The number of hydrogen-bond donors (Lipinski definition) is 0. The second kappa shape index (κ2) is 1.86. The second-order valence-electron chi connectivity index (χ2n) is 4.17. The predicted octanol–water partition coefficient (Wildman–Crippen LogP) is 1.19. The van der Waals surface area contributed by atoms with Gasteiger partial charge < -0.3 is 4.74 Å². The second-order valence-corrected chi connectivity index (χ2v) is 4.17. The van der Waals surface area contributed by atoms with Gasteiger partial charge in [-0.05, 0) is 25.7 Å². The van der Waals surface area contributed by atoms with E-state index in [1.807, 2.05) is 12.2 Å². The molecule has 3 rings (SSSR count). The Labute approximate surface area is 75.8 Å². The van der Waals surface area contributed by atoms with E-state index in [9.17, 15) is 9.59 Å². The number of cyclic esters (lactones) is 2. The quantitative estimate of drug-likeness (QED) is 0.318. The average molecular weight is 178 g/mol. The monoisotopic (exact) mass is 178 g/mol. The molecule has 1 saturated heterocycles. The molecule has 1 heterocycles. The molecule has 0 amide bonds. The van der Waals surface area contributed by atoms with E-state index in [0.717, 1.165) is 25.7 Å². The summed E-state index contributed by atoms with van der Waals surface area (Å²) in [5.74, 6) is -0.604. The third-order valence-corrected chi connectivity index (χ3v) is 3.88. The Morgan fingerprint density at radius 3 is 2.62 bits per heavy atom. The van der Waals surface area contributed by atoms with Crippen molar-refractivity contribution in [3.05, 3.63) is 12.2 Å². The molecule has 1 aliphatic heterocycles. The van der Waals surface area contributed by atoms with Crippen LogP contribution in [0.3, 0.4) is 0 Å². The van der Waals surface area contributed by atoms with Crippen LogP contribution in [0.1, 0.15) is 25.7 Å². The van der Waals surface area contributed by atoms with E-state index >= 15 is 0 Å². The van der Waals surface area contributed by atoms with Gasteiger partial charge in [-0.25, -0.2) is 0 Å². The van der Waals surface area contributed by atoms with Crippen molar-refractivity contribution >= 4 is 11.9 Å². The molecule has 0 spiro atoms. The highest BCUT2D eigenvalue weighted by Gasteiger charge is 2.73. The summed E-state index contributed by atoms with van der Waals surface area (Å²) in [5.41, 5.74) is -1.01. The van der Waals surface area contributed by atoms with Gasteiger partial charge in [-0.1, -0.05) is 12.2 Å². The van der Waals surface area contributed by atoms with E-state index in [0.29, 0.717) is 0 Å². The summed E-state index contributed by atoms with van der Waals surface area (Å²) in [4.78, 5) is 23.0. The summed E-state index contributed by atoms with van der Waals surface area (Å²) < 4.78 is 4.75. The third kappa shape index (κ3) is 0.539. The van der Waals surface area contributed by atoms with E-state index in [1.165, 1.54) is 0 Å². The Kier molecular flexibility index (Phi) is 1.05. The Morgan fingerprint density at radius 2 is 2.00 bits per heavy atom. The molecule has 1 saturated carbocycles. The van der Waals surface area contributed by atoms with E-state index < -0.39 is 10.8 Å². The maximum atomic E-state index is 11.5. The Bertz CT molecular complexity index is 344. The molecule has 0 N–H and O–H groups in total. The van der Waals surface area contributed by atoms with Crippen molar-refractivity contribution < 1.29 is 14.3 Å². The van der Waals surface area contributed by atoms with E-state index in [4.69, 9.17) is 4.74 Å². The summed E-state index contributed by atoms with van der Waals surface area (Å²) in [6.07, 6.45) is 7.18. The first-order chi connectivity index (χ1) is 6.21. The fourth-order valence-electron chi connectivity index (χ4n) is 2.93. The predicted molar refractivity (Wildman–Crippen MR) is 43.6 cm³/mol. The Balaban J connectivity index is 2.20. The van der Waals surface area contributed by atoms with Crippen LogP contribution < -0.4 is 0 Å². The van der Waals surface area contributed by atoms with Gasteiger partial charge in [0.15, 0.2) is 0 Å². The number of allylic oxidation sites excluding steroid dienone is 1. The SMILES string of the molecule is O=C1OC(=O)C23CCC=CC12CC3. The summed E-state index contributed by atoms with van der Waals surface area (Å²) in [7, 11) is 0. The maximum Gasteiger partial charge on any atom is 0.324 e. The zero-order valence-corrected chi connectivity index (χ0v) is 7.21. The first kappa shape index (κ1) is 7.30. The number of carbonyl (C=O) groups excluding carboxylic acids is 2. The minimum atomic E-state index is -0.553. The van der Waals surface area contributed by atoms with Crippen molar-refractivity contribution in [2.45, 2.75) is 25.7 Å². The van der Waals surface area contributed by atoms with Crippen molar-refractivity contribution in [3.63, 3.8) is 0 Å². The van der Waals surface area contributed by atoms with Crippen molar-refractivity contribution in [1.82, 2.24) is 0 Å². The number of hydrogen-bond acceptors (Lipinski definition) is 3. The van der Waals surface area contributed by atoms with Gasteiger partial charge in [-0.3, -0.25) is 9.59 Å². The molecule has 68 valence electrons. The largest absolute Gasteiger partial charge is 0.392 e. The third-order valence-electron chi connectivity index (χ3n) is 3.88. The van der Waals surface area contributed by atoms with E-state index in [1.54, 1.807) is 0 Å². The fraction of sp³-hybridized carbons (Fsp3) is 0.600.